The molecule has 1 aliphatic heterocycles. The number of halogens is 2. The van der Waals surface area contributed by atoms with Crippen molar-refractivity contribution in [2.45, 2.75) is 90.0 Å². The molecule has 1 aliphatic carbocycles. The highest BCUT2D eigenvalue weighted by Crippen LogP contribution is 2.37. The van der Waals surface area contributed by atoms with Crippen molar-refractivity contribution in [3.8, 4) is 0 Å². The molecule has 0 spiro atoms. The number of aromatic amines is 1. The molecule has 1 saturated carbocycles. The Hall–Kier alpha value is -2.53. The molecule has 0 unspecified atom stereocenters. The molecule has 41 heavy (non-hydrogen) atoms. The fraction of sp³-hybridized carbons (Fsp3) is 0.667. The average molecular weight is 594 g/mol. The number of para-hydroxylation sites is 1. The Bertz CT molecular complexity index is 1240. The van der Waals surface area contributed by atoms with Gasteiger partial charge in [0, 0.05) is 49.0 Å². The first kappa shape index (κ1) is 31.4. The van der Waals surface area contributed by atoms with Gasteiger partial charge in [0.05, 0.1) is 11.4 Å². The predicted molar refractivity (Wildman–Crippen MR) is 159 cm³/mol. The minimum atomic E-state index is -3.71. The number of alkyl halides is 2. The number of benzene rings is 1. The third kappa shape index (κ3) is 8.73. The lowest BCUT2D eigenvalue weighted by Gasteiger charge is -2.38. The monoisotopic (exact) mass is 593 g/mol. The summed E-state index contributed by atoms with van der Waals surface area (Å²) < 4.78 is 56.0. The number of sulfonamides is 1. The zero-order chi connectivity index (χ0) is 29.8. The third-order valence-electron chi connectivity index (χ3n) is 8.49. The highest BCUT2D eigenvalue weighted by Gasteiger charge is 2.38. The predicted octanol–water partition coefficient (Wildman–Crippen LogP) is 5.80. The van der Waals surface area contributed by atoms with Crippen molar-refractivity contribution in [1.82, 2.24) is 15.1 Å². The summed E-state index contributed by atoms with van der Waals surface area (Å²) in [7, 11) is -3.71. The van der Waals surface area contributed by atoms with E-state index in [-0.39, 0.29) is 67.2 Å². The number of carbonyl (C=O) groups excluding carboxylic acids is 1. The first-order chi connectivity index (χ1) is 19.2. The third-order valence-corrected chi connectivity index (χ3v) is 10.4. The van der Waals surface area contributed by atoms with Gasteiger partial charge in [0.1, 0.15) is 0 Å². The Kier molecular flexibility index (Phi) is 9.78. The number of carbonyl (C=O) groups is 1. The molecule has 2 heterocycles. The fourth-order valence-corrected chi connectivity index (χ4v) is 7.80. The van der Waals surface area contributed by atoms with Crippen LogP contribution in [0.4, 0.5) is 20.3 Å². The number of hydrogen-bond acceptors (Lipinski definition) is 5. The molecule has 1 atom stereocenters. The molecule has 0 radical (unpaired) electrons. The number of anilines is 2. The molecule has 8 nitrogen and oxygen atoms in total. The molecule has 0 bridgehead atoms. The normalized spacial score (nSPS) is 20.0. The van der Waals surface area contributed by atoms with Gasteiger partial charge in [0.2, 0.25) is 21.9 Å². The van der Waals surface area contributed by atoms with Crippen LogP contribution in [-0.4, -0.2) is 66.8 Å². The Morgan fingerprint density at radius 3 is 2.34 bits per heavy atom. The van der Waals surface area contributed by atoms with E-state index in [2.05, 4.69) is 41.2 Å². The van der Waals surface area contributed by atoms with Crippen LogP contribution >= 0.6 is 0 Å². The molecule has 11 heteroatoms. The van der Waals surface area contributed by atoms with Gasteiger partial charge in [-0.2, -0.15) is 5.10 Å². The van der Waals surface area contributed by atoms with Crippen LogP contribution in [0.15, 0.2) is 36.4 Å². The number of amides is 1. The Morgan fingerprint density at radius 2 is 1.76 bits per heavy atom. The van der Waals surface area contributed by atoms with Crippen molar-refractivity contribution >= 4 is 27.4 Å². The van der Waals surface area contributed by atoms with E-state index in [0.29, 0.717) is 17.9 Å². The Balaban J connectivity index is 1.31. The maximum Gasteiger partial charge on any atom is 0.248 e. The molecule has 4 rings (SSSR count). The van der Waals surface area contributed by atoms with Crippen LogP contribution in [0.5, 0.6) is 0 Å². The van der Waals surface area contributed by atoms with Gasteiger partial charge in [0.25, 0.3) is 0 Å². The molecule has 1 saturated heterocycles. The summed E-state index contributed by atoms with van der Waals surface area (Å²) in [5.74, 6) is -2.33. The zero-order valence-corrected chi connectivity index (χ0v) is 25.5. The molecule has 2 N–H and O–H groups in total. The molecule has 2 aromatic rings. The van der Waals surface area contributed by atoms with Gasteiger partial charge in [-0.3, -0.25) is 19.1 Å². The number of aromatic nitrogens is 2. The van der Waals surface area contributed by atoms with Crippen LogP contribution in [0.1, 0.15) is 78.3 Å². The van der Waals surface area contributed by atoms with E-state index in [9.17, 15) is 22.0 Å². The second kappa shape index (κ2) is 12.8. The minimum absolute atomic E-state index is 0.0460. The SMILES string of the molecule is C[C@H](CN(c1ccccc1)S(=O)(=O)CC1CCC(F)(F)CC1)N1CCC(CC(=O)Nc2cc(C(C)(C)C)[nH]n2)CC1. The van der Waals surface area contributed by atoms with Crippen molar-refractivity contribution < 1.29 is 22.0 Å². The van der Waals surface area contributed by atoms with Crippen LogP contribution in [0.25, 0.3) is 0 Å². The lowest BCUT2D eigenvalue weighted by molar-refractivity contribution is -0.117. The number of hydrogen-bond donors (Lipinski definition) is 2. The molecule has 2 fully saturated rings. The molecule has 1 aromatic heterocycles. The van der Waals surface area contributed by atoms with Crippen molar-refractivity contribution in [3.05, 3.63) is 42.1 Å². The van der Waals surface area contributed by atoms with Crippen LogP contribution < -0.4 is 9.62 Å². The molecule has 228 valence electrons. The number of rotatable bonds is 10. The van der Waals surface area contributed by atoms with E-state index >= 15 is 0 Å². The van der Waals surface area contributed by atoms with Gasteiger partial charge in [0.15, 0.2) is 5.82 Å². The Morgan fingerprint density at radius 1 is 1.12 bits per heavy atom. The summed E-state index contributed by atoms with van der Waals surface area (Å²) in [5.41, 5.74) is 1.48. The largest absolute Gasteiger partial charge is 0.309 e. The van der Waals surface area contributed by atoms with Gasteiger partial charge >= 0.3 is 0 Å². The highest BCUT2D eigenvalue weighted by molar-refractivity contribution is 7.92. The minimum Gasteiger partial charge on any atom is -0.309 e. The number of piperidine rings is 1. The number of H-pyrrole nitrogens is 1. The van der Waals surface area contributed by atoms with E-state index in [1.165, 1.54) is 4.31 Å². The summed E-state index contributed by atoms with van der Waals surface area (Å²) in [4.78, 5) is 15.0. The van der Waals surface area contributed by atoms with Gasteiger partial charge < -0.3 is 5.32 Å². The maximum absolute atomic E-state index is 13.7. The zero-order valence-electron chi connectivity index (χ0n) is 24.7. The van der Waals surface area contributed by atoms with Crippen molar-refractivity contribution in [2.75, 3.05) is 35.0 Å². The van der Waals surface area contributed by atoms with Crippen LogP contribution in [0.2, 0.25) is 0 Å². The maximum atomic E-state index is 13.7. The van der Waals surface area contributed by atoms with E-state index in [0.717, 1.165) is 31.6 Å². The second-order valence-corrected chi connectivity index (χ2v) is 14.9. The summed E-state index contributed by atoms with van der Waals surface area (Å²) in [6.07, 6.45) is 2.07. The standard InChI is InChI=1S/C30H45F2N5O3S/c1-22(36-16-12-23(13-17-36)18-28(38)33-27-19-26(34-35-27)29(2,3)4)20-37(25-8-6-5-7-9-25)41(39,40)21-24-10-14-30(31,32)15-11-24/h5-9,19,22-24H,10-18,20-21H2,1-4H3,(H2,33,34,35,38)/t22-/m1/s1. The van der Waals surface area contributed by atoms with Crippen LogP contribution in [0, 0.1) is 11.8 Å². The highest BCUT2D eigenvalue weighted by atomic mass is 32.2. The summed E-state index contributed by atoms with van der Waals surface area (Å²) in [6, 6.07) is 10.9. The van der Waals surface area contributed by atoms with Gasteiger partial charge in [-0.1, -0.05) is 39.0 Å². The summed E-state index contributed by atoms with van der Waals surface area (Å²) in [6.45, 7) is 10.1. The molecular formula is C30H45F2N5O3S. The lowest BCUT2D eigenvalue weighted by atomic mass is 9.88. The van der Waals surface area contributed by atoms with Crippen molar-refractivity contribution in [2.24, 2.45) is 11.8 Å². The number of likely N-dealkylation sites (tertiary alicyclic amines) is 1. The van der Waals surface area contributed by atoms with E-state index in [1.54, 1.807) is 12.1 Å². The summed E-state index contributed by atoms with van der Waals surface area (Å²) in [5, 5.41) is 10.1. The topological polar surface area (TPSA) is 98.4 Å². The van der Waals surface area contributed by atoms with E-state index in [4.69, 9.17) is 0 Å². The lowest BCUT2D eigenvalue weighted by Crippen LogP contribution is -2.48. The molecular weight excluding hydrogens is 548 g/mol. The molecule has 2 aliphatic rings. The number of nitrogens with zero attached hydrogens (tertiary/aromatic N) is 3. The average Bonchev–Trinajstić information content (AvgIpc) is 3.38. The summed E-state index contributed by atoms with van der Waals surface area (Å²) >= 11 is 0. The van der Waals surface area contributed by atoms with Crippen molar-refractivity contribution in [1.29, 1.82) is 0 Å². The number of nitrogens with one attached hydrogen (secondary N) is 2. The van der Waals surface area contributed by atoms with Gasteiger partial charge in [-0.05, 0) is 69.7 Å². The van der Waals surface area contributed by atoms with Crippen molar-refractivity contribution in [3.63, 3.8) is 0 Å². The fourth-order valence-electron chi connectivity index (χ4n) is 5.81. The second-order valence-electron chi connectivity index (χ2n) is 12.9. The van der Waals surface area contributed by atoms with E-state index in [1.807, 2.05) is 31.2 Å². The quantitative estimate of drug-likeness (QED) is 0.363. The van der Waals surface area contributed by atoms with E-state index < -0.39 is 15.9 Å². The van der Waals surface area contributed by atoms with Crippen LogP contribution in [0.3, 0.4) is 0 Å². The molecule has 1 amide bonds. The first-order valence-electron chi connectivity index (χ1n) is 14.7. The smallest absolute Gasteiger partial charge is 0.248 e. The van der Waals surface area contributed by atoms with Gasteiger partial charge in [-0.15, -0.1) is 0 Å². The first-order valence-corrected chi connectivity index (χ1v) is 16.4. The van der Waals surface area contributed by atoms with Gasteiger partial charge in [-0.25, -0.2) is 17.2 Å². The Labute approximate surface area is 243 Å². The molecule has 1 aromatic carbocycles. The van der Waals surface area contributed by atoms with Crippen LogP contribution in [-0.2, 0) is 20.2 Å².